The Morgan fingerprint density at radius 2 is 1.64 bits per heavy atom. The summed E-state index contributed by atoms with van der Waals surface area (Å²) in [6, 6.07) is -0.367. The number of imide groups is 1. The summed E-state index contributed by atoms with van der Waals surface area (Å²) in [4.78, 5) is 37.1. The van der Waals surface area contributed by atoms with Crippen LogP contribution in [-0.2, 0) is 14.3 Å². The average molecular weight is 312 g/mol. The normalized spacial score (nSPS) is 18.2. The van der Waals surface area contributed by atoms with Crippen molar-refractivity contribution >= 4 is 17.9 Å². The van der Waals surface area contributed by atoms with Crippen LogP contribution in [0.5, 0.6) is 0 Å². The molecule has 6 nitrogen and oxygen atoms in total. The molecule has 0 aromatic carbocycles. The van der Waals surface area contributed by atoms with Gasteiger partial charge in [0, 0.05) is 19.4 Å². The van der Waals surface area contributed by atoms with E-state index < -0.39 is 11.7 Å². The first-order valence-electron chi connectivity index (χ1n) is 7.73. The second kappa shape index (κ2) is 6.67. The van der Waals surface area contributed by atoms with Crippen LogP contribution in [-0.4, -0.2) is 41.0 Å². The summed E-state index contributed by atoms with van der Waals surface area (Å²) < 4.78 is 5.27. The van der Waals surface area contributed by atoms with E-state index in [9.17, 15) is 14.4 Å². The molecule has 0 bridgehead atoms. The van der Waals surface area contributed by atoms with Crippen molar-refractivity contribution in [2.45, 2.75) is 72.4 Å². The average Bonchev–Trinajstić information content (AvgIpc) is 2.28. The monoisotopic (exact) mass is 312 g/mol. The van der Waals surface area contributed by atoms with Gasteiger partial charge in [0.1, 0.15) is 5.60 Å². The molecule has 1 aliphatic heterocycles. The minimum atomic E-state index is -0.594. The van der Waals surface area contributed by atoms with E-state index in [1.54, 1.807) is 20.8 Å². The Kier molecular flexibility index (Phi) is 5.59. The largest absolute Gasteiger partial charge is 0.444 e. The van der Waals surface area contributed by atoms with E-state index in [4.69, 9.17) is 4.74 Å². The van der Waals surface area contributed by atoms with Crippen molar-refractivity contribution in [1.29, 1.82) is 0 Å². The number of ether oxygens (including phenoxy) is 1. The SMILES string of the molecule is CC(C)(C)OC(=O)N[C@H](CN1C(=O)CCCC1=O)C(C)(C)C. The highest BCUT2D eigenvalue weighted by Gasteiger charge is 2.34. The fourth-order valence-electron chi connectivity index (χ4n) is 2.17. The van der Waals surface area contributed by atoms with Gasteiger partial charge in [-0.3, -0.25) is 14.5 Å². The number of hydrogen-bond donors (Lipinski definition) is 1. The minimum absolute atomic E-state index is 0.170. The number of carbonyl (C=O) groups excluding carboxylic acids is 3. The molecular formula is C16H28N2O4. The van der Waals surface area contributed by atoms with Gasteiger partial charge in [0.05, 0.1) is 6.04 Å². The maximum atomic E-state index is 12.0. The summed E-state index contributed by atoms with van der Waals surface area (Å²) in [6.45, 7) is 11.4. The maximum absolute atomic E-state index is 12.0. The molecule has 0 aromatic rings. The molecule has 1 rings (SSSR count). The van der Waals surface area contributed by atoms with Gasteiger partial charge >= 0.3 is 6.09 Å². The van der Waals surface area contributed by atoms with Gasteiger partial charge in [0.2, 0.25) is 11.8 Å². The van der Waals surface area contributed by atoms with Gasteiger partial charge in [0.25, 0.3) is 0 Å². The molecule has 1 heterocycles. The fraction of sp³-hybridized carbons (Fsp3) is 0.812. The second-order valence-electron chi connectivity index (χ2n) is 7.82. The van der Waals surface area contributed by atoms with E-state index in [1.165, 1.54) is 4.90 Å². The van der Waals surface area contributed by atoms with Gasteiger partial charge in [0.15, 0.2) is 0 Å². The third kappa shape index (κ3) is 5.66. The zero-order valence-corrected chi connectivity index (χ0v) is 14.5. The number of nitrogens with zero attached hydrogens (tertiary/aromatic N) is 1. The molecule has 0 aliphatic carbocycles. The van der Waals surface area contributed by atoms with Crippen LogP contribution >= 0.6 is 0 Å². The minimum Gasteiger partial charge on any atom is -0.444 e. The van der Waals surface area contributed by atoms with Crippen molar-refractivity contribution in [2.75, 3.05) is 6.54 Å². The number of rotatable bonds is 3. The number of hydrogen-bond acceptors (Lipinski definition) is 4. The zero-order chi connectivity index (χ0) is 17.1. The van der Waals surface area contributed by atoms with Gasteiger partial charge in [-0.1, -0.05) is 20.8 Å². The second-order valence-corrected chi connectivity index (χ2v) is 7.82. The molecule has 1 fully saturated rings. The van der Waals surface area contributed by atoms with Crippen molar-refractivity contribution in [3.8, 4) is 0 Å². The van der Waals surface area contributed by atoms with Crippen molar-refractivity contribution in [1.82, 2.24) is 10.2 Å². The Morgan fingerprint density at radius 1 is 1.14 bits per heavy atom. The summed E-state index contributed by atoms with van der Waals surface area (Å²) in [6.07, 6.45) is 0.835. The highest BCUT2D eigenvalue weighted by molar-refractivity contribution is 5.97. The maximum Gasteiger partial charge on any atom is 0.407 e. The smallest absolute Gasteiger partial charge is 0.407 e. The Bertz CT molecular complexity index is 430. The molecule has 3 amide bonds. The van der Waals surface area contributed by atoms with E-state index in [0.717, 1.165) is 0 Å². The molecule has 6 heteroatoms. The van der Waals surface area contributed by atoms with Crippen LogP contribution in [0.15, 0.2) is 0 Å². The van der Waals surface area contributed by atoms with Gasteiger partial charge in [-0.05, 0) is 32.6 Å². The molecule has 1 atom stereocenters. The van der Waals surface area contributed by atoms with Crippen LogP contribution in [0.4, 0.5) is 4.79 Å². The van der Waals surface area contributed by atoms with Gasteiger partial charge in [-0.15, -0.1) is 0 Å². The highest BCUT2D eigenvalue weighted by atomic mass is 16.6. The lowest BCUT2D eigenvalue weighted by Gasteiger charge is -2.36. The molecule has 0 unspecified atom stereocenters. The summed E-state index contributed by atoms with van der Waals surface area (Å²) in [7, 11) is 0. The van der Waals surface area contributed by atoms with Crippen molar-refractivity contribution < 1.29 is 19.1 Å². The van der Waals surface area contributed by atoms with Gasteiger partial charge in [-0.2, -0.15) is 0 Å². The molecular weight excluding hydrogens is 284 g/mol. The van der Waals surface area contributed by atoms with Crippen LogP contribution < -0.4 is 5.32 Å². The Hall–Kier alpha value is -1.59. The van der Waals surface area contributed by atoms with Crippen LogP contribution in [0.2, 0.25) is 0 Å². The number of piperidine rings is 1. The molecule has 0 aromatic heterocycles. The summed E-state index contributed by atoms with van der Waals surface area (Å²) in [5, 5.41) is 2.79. The Labute approximate surface area is 132 Å². The summed E-state index contributed by atoms with van der Waals surface area (Å²) >= 11 is 0. The molecule has 0 spiro atoms. The van der Waals surface area contributed by atoms with E-state index in [-0.39, 0.29) is 29.8 Å². The number of carbonyl (C=O) groups is 3. The molecule has 0 radical (unpaired) electrons. The lowest BCUT2D eigenvalue weighted by atomic mass is 9.86. The van der Waals surface area contributed by atoms with Gasteiger partial charge < -0.3 is 10.1 Å². The van der Waals surface area contributed by atoms with Crippen LogP contribution in [0.3, 0.4) is 0 Å². The van der Waals surface area contributed by atoms with Crippen LogP contribution in [0.1, 0.15) is 60.8 Å². The topological polar surface area (TPSA) is 75.7 Å². The number of likely N-dealkylation sites (tertiary alicyclic amines) is 1. The van der Waals surface area contributed by atoms with Crippen molar-refractivity contribution in [3.05, 3.63) is 0 Å². The van der Waals surface area contributed by atoms with E-state index in [1.807, 2.05) is 20.8 Å². The van der Waals surface area contributed by atoms with E-state index >= 15 is 0 Å². The first-order chi connectivity index (χ1) is 9.90. The third-order valence-electron chi connectivity index (χ3n) is 3.48. The lowest BCUT2D eigenvalue weighted by Crippen LogP contribution is -2.54. The predicted octanol–water partition coefficient (Wildman–Crippen LogP) is 2.46. The molecule has 0 saturated carbocycles. The summed E-state index contributed by atoms with van der Waals surface area (Å²) in [5.41, 5.74) is -0.905. The van der Waals surface area contributed by atoms with E-state index in [0.29, 0.717) is 19.3 Å². The molecule has 126 valence electrons. The van der Waals surface area contributed by atoms with E-state index in [2.05, 4.69) is 5.32 Å². The summed E-state index contributed by atoms with van der Waals surface area (Å²) in [5.74, 6) is -0.340. The van der Waals surface area contributed by atoms with Crippen molar-refractivity contribution in [2.24, 2.45) is 5.41 Å². The molecule has 22 heavy (non-hydrogen) atoms. The standard InChI is InChI=1S/C16H28N2O4/c1-15(2,3)11(17-14(21)22-16(4,5)6)10-18-12(19)8-7-9-13(18)20/h11H,7-10H2,1-6H3,(H,17,21)/t11-/m1/s1. The quantitative estimate of drug-likeness (QED) is 0.812. The lowest BCUT2D eigenvalue weighted by molar-refractivity contribution is -0.148. The predicted molar refractivity (Wildman–Crippen MR) is 83.2 cm³/mol. The fourth-order valence-corrected chi connectivity index (χ4v) is 2.17. The van der Waals surface area contributed by atoms with Crippen molar-refractivity contribution in [3.63, 3.8) is 0 Å². The molecule has 1 saturated heterocycles. The Morgan fingerprint density at radius 3 is 2.05 bits per heavy atom. The Balaban J connectivity index is 2.79. The third-order valence-corrected chi connectivity index (χ3v) is 3.48. The zero-order valence-electron chi connectivity index (χ0n) is 14.5. The highest BCUT2D eigenvalue weighted by Crippen LogP contribution is 2.23. The first kappa shape index (κ1) is 18.5. The van der Waals surface area contributed by atoms with Gasteiger partial charge in [-0.25, -0.2) is 4.79 Å². The molecule has 1 aliphatic rings. The number of alkyl carbamates (subject to hydrolysis) is 1. The first-order valence-corrected chi connectivity index (χ1v) is 7.73. The number of amides is 3. The molecule has 1 N–H and O–H groups in total. The number of nitrogens with one attached hydrogen (secondary N) is 1. The van der Waals surface area contributed by atoms with Crippen LogP contribution in [0, 0.1) is 5.41 Å². The van der Waals surface area contributed by atoms with Crippen LogP contribution in [0.25, 0.3) is 0 Å².